The minimum atomic E-state index is -0.662. The smallest absolute Gasteiger partial charge is 0.400 e. The van der Waals surface area contributed by atoms with Crippen molar-refractivity contribution in [1.82, 2.24) is 5.43 Å². The molecule has 0 radical (unpaired) electrons. The number of hydrogen-bond acceptors (Lipinski definition) is 6. The van der Waals surface area contributed by atoms with Crippen LogP contribution >= 0.6 is 0 Å². The zero-order valence-electron chi connectivity index (χ0n) is 15.1. The third-order valence-corrected chi connectivity index (χ3v) is 4.54. The molecule has 1 aromatic carbocycles. The molecular weight excluding hydrogens is 364 g/mol. The van der Waals surface area contributed by atoms with Crippen LogP contribution in [-0.2, 0) is 4.79 Å². The molecule has 0 saturated heterocycles. The Labute approximate surface area is 161 Å². The molecule has 1 aliphatic carbocycles. The molecule has 146 valence electrons. The summed E-state index contributed by atoms with van der Waals surface area (Å²) < 4.78 is 4.90. The van der Waals surface area contributed by atoms with Crippen LogP contribution in [0.1, 0.15) is 48.2 Å². The Morgan fingerprint density at radius 1 is 1.11 bits per heavy atom. The van der Waals surface area contributed by atoms with Gasteiger partial charge in [0.05, 0.1) is 12.3 Å². The van der Waals surface area contributed by atoms with Crippen LogP contribution in [0, 0.1) is 16.0 Å². The van der Waals surface area contributed by atoms with E-state index in [0.717, 1.165) is 25.7 Å². The maximum atomic E-state index is 12.2. The van der Waals surface area contributed by atoms with Crippen LogP contribution in [0.15, 0.2) is 45.9 Å². The van der Waals surface area contributed by atoms with Gasteiger partial charge in [0.1, 0.15) is 4.92 Å². The van der Waals surface area contributed by atoms with E-state index in [-0.39, 0.29) is 17.6 Å². The van der Waals surface area contributed by atoms with Gasteiger partial charge in [-0.3, -0.25) is 19.7 Å². The van der Waals surface area contributed by atoms with Gasteiger partial charge in [0.2, 0.25) is 5.91 Å². The molecule has 0 spiro atoms. The third kappa shape index (κ3) is 5.03. The summed E-state index contributed by atoms with van der Waals surface area (Å²) in [5.41, 5.74) is 3.31. The largest absolute Gasteiger partial charge is 0.433 e. The van der Waals surface area contributed by atoms with Crippen molar-refractivity contribution in [3.8, 4) is 0 Å². The van der Waals surface area contributed by atoms with Crippen LogP contribution in [0.2, 0.25) is 0 Å². The molecule has 9 nitrogen and oxygen atoms in total. The van der Waals surface area contributed by atoms with Gasteiger partial charge in [-0.15, -0.1) is 0 Å². The topological polar surface area (TPSA) is 127 Å². The van der Waals surface area contributed by atoms with Gasteiger partial charge in [-0.05, 0) is 43.2 Å². The van der Waals surface area contributed by atoms with Gasteiger partial charge in [-0.25, -0.2) is 5.43 Å². The van der Waals surface area contributed by atoms with E-state index in [4.69, 9.17) is 4.42 Å². The van der Waals surface area contributed by atoms with Crippen LogP contribution in [0.3, 0.4) is 0 Å². The van der Waals surface area contributed by atoms with Crippen molar-refractivity contribution in [3.63, 3.8) is 0 Å². The Bertz CT molecular complexity index is 882. The standard InChI is InChI=1S/C19H20N4O5/c24-18(13-4-2-1-3-5-13)21-15-8-6-14(7-9-15)19(25)22-20-12-16-10-11-17(28-16)23(26)27/h6-13H,1-5H2,(H,21,24)(H,22,25)/b20-12-. The molecule has 2 N–H and O–H groups in total. The number of hydrazone groups is 1. The monoisotopic (exact) mass is 384 g/mol. The second-order valence-electron chi connectivity index (χ2n) is 6.53. The maximum Gasteiger partial charge on any atom is 0.433 e. The van der Waals surface area contributed by atoms with E-state index in [1.807, 2.05) is 0 Å². The summed E-state index contributed by atoms with van der Waals surface area (Å²) >= 11 is 0. The summed E-state index contributed by atoms with van der Waals surface area (Å²) in [6.07, 6.45) is 6.37. The molecule has 2 amide bonds. The fourth-order valence-electron chi connectivity index (χ4n) is 3.04. The van der Waals surface area contributed by atoms with Crippen LogP contribution < -0.4 is 10.7 Å². The minimum Gasteiger partial charge on any atom is -0.400 e. The second kappa shape index (κ2) is 8.94. The highest BCUT2D eigenvalue weighted by molar-refractivity contribution is 5.96. The first-order valence-electron chi connectivity index (χ1n) is 9.01. The van der Waals surface area contributed by atoms with Gasteiger partial charge in [-0.2, -0.15) is 5.10 Å². The van der Waals surface area contributed by atoms with E-state index in [1.165, 1.54) is 24.8 Å². The average Bonchev–Trinajstić information content (AvgIpc) is 3.18. The average molecular weight is 384 g/mol. The lowest BCUT2D eigenvalue weighted by Crippen LogP contribution is -2.24. The third-order valence-electron chi connectivity index (χ3n) is 4.54. The molecule has 28 heavy (non-hydrogen) atoms. The molecular formula is C19H20N4O5. The fourth-order valence-corrected chi connectivity index (χ4v) is 3.04. The number of benzene rings is 1. The minimum absolute atomic E-state index is 0.0223. The van der Waals surface area contributed by atoms with Crippen LogP contribution in [0.5, 0.6) is 0 Å². The highest BCUT2D eigenvalue weighted by atomic mass is 16.6. The van der Waals surface area contributed by atoms with Gasteiger partial charge in [0.25, 0.3) is 5.91 Å². The summed E-state index contributed by atoms with van der Waals surface area (Å²) in [5.74, 6) is -0.633. The second-order valence-corrected chi connectivity index (χ2v) is 6.53. The molecule has 1 saturated carbocycles. The van der Waals surface area contributed by atoms with Gasteiger partial charge in [0, 0.05) is 17.2 Å². The van der Waals surface area contributed by atoms with E-state index in [2.05, 4.69) is 15.8 Å². The van der Waals surface area contributed by atoms with E-state index in [9.17, 15) is 19.7 Å². The van der Waals surface area contributed by atoms with Gasteiger partial charge in [-0.1, -0.05) is 19.3 Å². The lowest BCUT2D eigenvalue weighted by Gasteiger charge is -2.20. The number of carbonyl (C=O) groups is 2. The molecule has 0 atom stereocenters. The molecule has 1 aliphatic rings. The van der Waals surface area contributed by atoms with Crippen LogP contribution in [0.25, 0.3) is 0 Å². The first-order valence-corrected chi connectivity index (χ1v) is 9.01. The quantitative estimate of drug-likeness (QED) is 0.448. The SMILES string of the molecule is O=C(N/N=C\c1ccc([N+](=O)[O-])o1)c1ccc(NC(=O)C2CCCCC2)cc1. The first-order chi connectivity index (χ1) is 13.5. The Morgan fingerprint density at radius 2 is 1.82 bits per heavy atom. The van der Waals surface area contributed by atoms with Crippen molar-refractivity contribution in [1.29, 1.82) is 0 Å². The lowest BCUT2D eigenvalue weighted by molar-refractivity contribution is -0.402. The van der Waals surface area contributed by atoms with E-state index in [0.29, 0.717) is 11.3 Å². The van der Waals surface area contributed by atoms with Crippen LogP contribution in [0.4, 0.5) is 11.6 Å². The zero-order valence-corrected chi connectivity index (χ0v) is 15.1. The number of hydrogen-bond donors (Lipinski definition) is 2. The molecule has 1 aromatic heterocycles. The number of amides is 2. The summed E-state index contributed by atoms with van der Waals surface area (Å²) in [6, 6.07) is 9.06. The highest BCUT2D eigenvalue weighted by Crippen LogP contribution is 2.25. The van der Waals surface area contributed by atoms with Crippen LogP contribution in [-0.4, -0.2) is 23.0 Å². The molecule has 1 fully saturated rings. The summed E-state index contributed by atoms with van der Waals surface area (Å²) in [7, 11) is 0. The summed E-state index contributed by atoms with van der Waals surface area (Å²) in [4.78, 5) is 34.2. The molecule has 1 heterocycles. The Kier molecular flexibility index (Phi) is 6.15. The number of anilines is 1. The van der Waals surface area contributed by atoms with E-state index in [1.54, 1.807) is 24.3 Å². The summed E-state index contributed by atoms with van der Waals surface area (Å²) in [5, 5.41) is 17.1. The van der Waals surface area contributed by atoms with Gasteiger partial charge < -0.3 is 9.73 Å². The number of nitrogens with zero attached hydrogens (tertiary/aromatic N) is 2. The number of carbonyl (C=O) groups excluding carboxylic acids is 2. The van der Waals surface area contributed by atoms with Gasteiger partial charge in [0.15, 0.2) is 5.76 Å². The molecule has 3 rings (SSSR count). The Balaban J connectivity index is 1.52. The molecule has 0 unspecified atom stereocenters. The van der Waals surface area contributed by atoms with Gasteiger partial charge >= 0.3 is 5.88 Å². The predicted octanol–water partition coefficient (Wildman–Crippen LogP) is 3.47. The number of rotatable bonds is 6. The van der Waals surface area contributed by atoms with Crippen molar-refractivity contribution in [2.45, 2.75) is 32.1 Å². The van der Waals surface area contributed by atoms with Crippen molar-refractivity contribution in [3.05, 3.63) is 57.8 Å². The number of nitro groups is 1. The number of furan rings is 1. The van der Waals surface area contributed by atoms with Crippen molar-refractivity contribution >= 4 is 29.6 Å². The highest BCUT2D eigenvalue weighted by Gasteiger charge is 2.21. The first kappa shape index (κ1) is 19.3. The number of nitrogens with one attached hydrogen (secondary N) is 2. The molecule has 9 heteroatoms. The Hall–Kier alpha value is -3.49. The van der Waals surface area contributed by atoms with E-state index >= 15 is 0 Å². The molecule has 0 bridgehead atoms. The Morgan fingerprint density at radius 3 is 2.46 bits per heavy atom. The van der Waals surface area contributed by atoms with Crippen molar-refractivity contribution in [2.75, 3.05) is 5.32 Å². The molecule has 0 aliphatic heterocycles. The zero-order chi connectivity index (χ0) is 19.9. The normalized spacial score (nSPS) is 14.7. The van der Waals surface area contributed by atoms with E-state index < -0.39 is 16.7 Å². The van der Waals surface area contributed by atoms with Crippen molar-refractivity contribution < 1.29 is 18.9 Å². The lowest BCUT2D eigenvalue weighted by atomic mass is 9.88. The van der Waals surface area contributed by atoms with Crippen molar-refractivity contribution in [2.24, 2.45) is 11.0 Å². The fraction of sp³-hybridized carbons (Fsp3) is 0.316. The molecule has 2 aromatic rings. The summed E-state index contributed by atoms with van der Waals surface area (Å²) in [6.45, 7) is 0. The predicted molar refractivity (Wildman–Crippen MR) is 102 cm³/mol. The maximum absolute atomic E-state index is 12.2.